The SMILES string of the molecule is CCN[C@H](C)CNS(=O)(=O)c1cc(Br)cc2c1OCC2. The predicted octanol–water partition coefficient (Wildman–Crippen LogP) is 1.66. The molecular weight excluding hydrogens is 344 g/mol. The van der Waals surface area contributed by atoms with Gasteiger partial charge in [0.25, 0.3) is 0 Å². The van der Waals surface area contributed by atoms with E-state index in [9.17, 15) is 8.42 Å². The molecule has 1 aromatic carbocycles. The lowest BCUT2D eigenvalue weighted by molar-refractivity contribution is 0.348. The Morgan fingerprint density at radius 1 is 1.45 bits per heavy atom. The van der Waals surface area contributed by atoms with Gasteiger partial charge in [-0.25, -0.2) is 13.1 Å². The van der Waals surface area contributed by atoms with Gasteiger partial charge in [0.15, 0.2) is 0 Å². The van der Waals surface area contributed by atoms with Gasteiger partial charge in [-0.05, 0) is 25.6 Å². The van der Waals surface area contributed by atoms with Crippen LogP contribution in [0.25, 0.3) is 0 Å². The number of benzene rings is 1. The number of ether oxygens (including phenoxy) is 1. The highest BCUT2D eigenvalue weighted by atomic mass is 79.9. The van der Waals surface area contributed by atoms with Crippen LogP contribution in [0.5, 0.6) is 5.75 Å². The summed E-state index contributed by atoms with van der Waals surface area (Å²) in [5.74, 6) is 0.483. The van der Waals surface area contributed by atoms with Gasteiger partial charge in [0.2, 0.25) is 10.0 Å². The van der Waals surface area contributed by atoms with Crippen molar-refractivity contribution in [3.05, 3.63) is 22.2 Å². The number of nitrogens with one attached hydrogen (secondary N) is 2. The standard InChI is InChI=1S/C13H19BrN2O3S/c1-3-15-9(2)8-16-20(17,18)12-7-11(14)6-10-4-5-19-13(10)12/h6-7,9,15-16H,3-5,8H2,1-2H3/t9-/m1/s1. The minimum absolute atomic E-state index is 0.0795. The normalized spacial score (nSPS) is 15.8. The summed E-state index contributed by atoms with van der Waals surface area (Å²) in [6.45, 7) is 5.60. The Morgan fingerprint density at radius 2 is 2.20 bits per heavy atom. The van der Waals surface area contributed by atoms with Crippen LogP contribution >= 0.6 is 15.9 Å². The zero-order valence-corrected chi connectivity index (χ0v) is 14.0. The van der Waals surface area contributed by atoms with Crippen LogP contribution < -0.4 is 14.8 Å². The zero-order valence-electron chi connectivity index (χ0n) is 11.6. The summed E-state index contributed by atoms with van der Waals surface area (Å²) in [5, 5.41) is 3.17. The first-order valence-electron chi connectivity index (χ1n) is 6.62. The average molecular weight is 363 g/mol. The quantitative estimate of drug-likeness (QED) is 0.807. The second kappa shape index (κ2) is 6.43. The van der Waals surface area contributed by atoms with E-state index in [4.69, 9.17) is 4.74 Å². The molecule has 0 saturated heterocycles. The molecule has 0 aliphatic carbocycles. The Balaban J connectivity index is 2.22. The molecule has 2 N–H and O–H groups in total. The number of sulfonamides is 1. The van der Waals surface area contributed by atoms with E-state index in [2.05, 4.69) is 26.0 Å². The lowest BCUT2D eigenvalue weighted by Crippen LogP contribution is -2.38. The van der Waals surface area contributed by atoms with Crippen molar-refractivity contribution in [3.8, 4) is 5.75 Å². The summed E-state index contributed by atoms with van der Waals surface area (Å²) in [5.41, 5.74) is 0.930. The predicted molar refractivity (Wildman–Crippen MR) is 81.7 cm³/mol. The Hall–Kier alpha value is -0.630. The molecule has 0 spiro atoms. The van der Waals surface area contributed by atoms with Gasteiger partial charge in [0, 0.05) is 29.0 Å². The maximum absolute atomic E-state index is 12.4. The van der Waals surface area contributed by atoms with Gasteiger partial charge < -0.3 is 10.1 Å². The lowest BCUT2D eigenvalue weighted by atomic mass is 10.2. The molecule has 0 amide bonds. The molecule has 5 nitrogen and oxygen atoms in total. The second-order valence-corrected chi connectivity index (χ2v) is 7.45. The van der Waals surface area contributed by atoms with Gasteiger partial charge in [-0.15, -0.1) is 0 Å². The van der Waals surface area contributed by atoms with E-state index in [1.54, 1.807) is 6.07 Å². The number of likely N-dealkylation sites (N-methyl/N-ethyl adjacent to an activating group) is 1. The first kappa shape index (κ1) is 15.8. The molecule has 0 fully saturated rings. The minimum atomic E-state index is -3.57. The Bertz CT molecular complexity index is 590. The van der Waals surface area contributed by atoms with Crippen LogP contribution in [-0.2, 0) is 16.4 Å². The average Bonchev–Trinajstić information content (AvgIpc) is 2.83. The molecule has 0 saturated carbocycles. The second-order valence-electron chi connectivity index (χ2n) is 4.80. The van der Waals surface area contributed by atoms with Gasteiger partial charge in [0.05, 0.1) is 6.61 Å². The molecule has 7 heteroatoms. The molecule has 1 aliphatic rings. The van der Waals surface area contributed by atoms with E-state index in [0.29, 0.717) is 18.9 Å². The third-order valence-corrected chi connectivity index (χ3v) is 5.02. The van der Waals surface area contributed by atoms with Crippen molar-refractivity contribution in [3.63, 3.8) is 0 Å². The highest BCUT2D eigenvalue weighted by Crippen LogP contribution is 2.35. The van der Waals surface area contributed by atoms with Gasteiger partial charge in [0.1, 0.15) is 10.6 Å². The first-order valence-corrected chi connectivity index (χ1v) is 8.90. The van der Waals surface area contributed by atoms with Gasteiger partial charge in [-0.2, -0.15) is 0 Å². The topological polar surface area (TPSA) is 67.4 Å². The van der Waals surface area contributed by atoms with E-state index in [0.717, 1.165) is 23.0 Å². The van der Waals surface area contributed by atoms with Crippen LogP contribution in [0.15, 0.2) is 21.5 Å². The lowest BCUT2D eigenvalue weighted by Gasteiger charge is -2.15. The van der Waals surface area contributed by atoms with Crippen molar-refractivity contribution in [2.45, 2.75) is 31.2 Å². The van der Waals surface area contributed by atoms with Crippen LogP contribution in [0.3, 0.4) is 0 Å². The number of rotatable bonds is 6. The van der Waals surface area contributed by atoms with Gasteiger partial charge in [-0.1, -0.05) is 22.9 Å². The highest BCUT2D eigenvalue weighted by Gasteiger charge is 2.26. The van der Waals surface area contributed by atoms with Crippen molar-refractivity contribution in [2.75, 3.05) is 19.7 Å². The molecule has 1 atom stereocenters. The van der Waals surface area contributed by atoms with Crippen LogP contribution in [0, 0.1) is 0 Å². The van der Waals surface area contributed by atoms with Crippen LogP contribution in [0.1, 0.15) is 19.4 Å². The molecule has 2 rings (SSSR count). The molecule has 112 valence electrons. The largest absolute Gasteiger partial charge is 0.492 e. The van der Waals surface area contributed by atoms with Crippen LogP contribution in [0.4, 0.5) is 0 Å². The van der Waals surface area contributed by atoms with E-state index in [-0.39, 0.29) is 10.9 Å². The van der Waals surface area contributed by atoms with E-state index in [1.807, 2.05) is 19.9 Å². The fourth-order valence-corrected chi connectivity index (χ4v) is 4.17. The molecule has 0 unspecified atom stereocenters. The van der Waals surface area contributed by atoms with Gasteiger partial charge in [-0.3, -0.25) is 0 Å². The maximum Gasteiger partial charge on any atom is 0.244 e. The molecular formula is C13H19BrN2O3S. The van der Waals surface area contributed by atoms with Crippen molar-refractivity contribution < 1.29 is 13.2 Å². The first-order chi connectivity index (χ1) is 9.44. The van der Waals surface area contributed by atoms with E-state index < -0.39 is 10.0 Å². The van der Waals surface area contributed by atoms with Crippen LogP contribution in [-0.4, -0.2) is 34.2 Å². The summed E-state index contributed by atoms with van der Waals surface area (Å²) >= 11 is 3.35. The maximum atomic E-state index is 12.4. The molecule has 1 heterocycles. The molecule has 20 heavy (non-hydrogen) atoms. The summed E-state index contributed by atoms with van der Waals surface area (Å²) in [4.78, 5) is 0.211. The monoisotopic (exact) mass is 362 g/mol. The fraction of sp³-hybridized carbons (Fsp3) is 0.538. The summed E-state index contributed by atoms with van der Waals surface area (Å²) in [6.07, 6.45) is 0.741. The number of hydrogen-bond donors (Lipinski definition) is 2. The smallest absolute Gasteiger partial charge is 0.244 e. The number of fused-ring (bicyclic) bond motifs is 1. The summed E-state index contributed by atoms with van der Waals surface area (Å²) < 4.78 is 33.7. The minimum Gasteiger partial charge on any atom is -0.492 e. The number of halogens is 1. The molecule has 0 aromatic heterocycles. The van der Waals surface area contributed by atoms with Crippen molar-refractivity contribution in [1.82, 2.24) is 10.0 Å². The van der Waals surface area contributed by atoms with E-state index >= 15 is 0 Å². The van der Waals surface area contributed by atoms with Crippen LogP contribution in [0.2, 0.25) is 0 Å². The summed E-state index contributed by atoms with van der Waals surface area (Å²) in [7, 11) is -3.57. The molecule has 1 aromatic rings. The van der Waals surface area contributed by atoms with E-state index in [1.165, 1.54) is 0 Å². The number of hydrogen-bond acceptors (Lipinski definition) is 4. The van der Waals surface area contributed by atoms with Crippen molar-refractivity contribution in [1.29, 1.82) is 0 Å². The zero-order chi connectivity index (χ0) is 14.8. The summed E-state index contributed by atoms with van der Waals surface area (Å²) in [6, 6.07) is 3.57. The van der Waals surface area contributed by atoms with Gasteiger partial charge >= 0.3 is 0 Å². The Labute approximate surface area is 128 Å². The molecule has 1 aliphatic heterocycles. The van der Waals surface area contributed by atoms with Crippen molar-refractivity contribution in [2.24, 2.45) is 0 Å². The Kier molecular flexibility index (Phi) is 5.06. The Morgan fingerprint density at radius 3 is 2.90 bits per heavy atom. The molecule has 0 radical (unpaired) electrons. The third-order valence-electron chi connectivity index (χ3n) is 3.14. The molecule has 0 bridgehead atoms. The van der Waals surface area contributed by atoms with Crippen molar-refractivity contribution >= 4 is 26.0 Å². The third kappa shape index (κ3) is 3.52. The highest BCUT2D eigenvalue weighted by molar-refractivity contribution is 9.10. The fourth-order valence-electron chi connectivity index (χ4n) is 2.17.